The number of fused-ring (bicyclic) bond motifs is 1. The smallest absolute Gasteiger partial charge is 0.270 e. The summed E-state index contributed by atoms with van der Waals surface area (Å²) in [5, 5.41) is 15.2. The van der Waals surface area contributed by atoms with Gasteiger partial charge in [-0.15, -0.1) is 22.7 Å². The van der Waals surface area contributed by atoms with Crippen LogP contribution in [0.2, 0.25) is 5.02 Å². The number of nitro groups is 1. The summed E-state index contributed by atoms with van der Waals surface area (Å²) in [5.41, 5.74) is 3.38. The first kappa shape index (κ1) is 22.9. The maximum Gasteiger partial charge on any atom is 0.270 e. The number of nitrogens with zero attached hydrogens (tertiary/aromatic N) is 4. The minimum absolute atomic E-state index is 0.00868. The quantitative estimate of drug-likeness (QED) is 0.247. The summed E-state index contributed by atoms with van der Waals surface area (Å²) in [6.07, 6.45) is 0. The lowest BCUT2D eigenvalue weighted by atomic mass is 10.1. The van der Waals surface area contributed by atoms with E-state index in [1.54, 1.807) is 22.3 Å². The van der Waals surface area contributed by atoms with Gasteiger partial charge in [-0.2, -0.15) is 0 Å². The molecule has 0 atom stereocenters. The number of carbonyl (C=O) groups is 1. The van der Waals surface area contributed by atoms with Crippen LogP contribution >= 0.6 is 34.3 Å². The van der Waals surface area contributed by atoms with Crippen molar-refractivity contribution < 1.29 is 9.72 Å². The molecule has 0 N–H and O–H groups in total. The first-order chi connectivity index (χ1) is 16.4. The van der Waals surface area contributed by atoms with Crippen molar-refractivity contribution in [3.63, 3.8) is 0 Å². The van der Waals surface area contributed by atoms with E-state index < -0.39 is 4.92 Å². The molecule has 10 heteroatoms. The Morgan fingerprint density at radius 3 is 2.71 bits per heavy atom. The van der Waals surface area contributed by atoms with Gasteiger partial charge in [0, 0.05) is 65.9 Å². The fourth-order valence-corrected chi connectivity index (χ4v) is 6.40. The van der Waals surface area contributed by atoms with E-state index in [4.69, 9.17) is 16.6 Å². The topological polar surface area (TPSA) is 79.6 Å². The van der Waals surface area contributed by atoms with Crippen molar-refractivity contribution in [1.82, 2.24) is 14.8 Å². The highest BCUT2D eigenvalue weighted by atomic mass is 35.5. The fourth-order valence-electron chi connectivity index (χ4n) is 4.08. The molecule has 4 aromatic rings. The number of piperazine rings is 1. The average Bonchev–Trinajstić information content (AvgIpc) is 3.43. The molecule has 0 radical (unpaired) electrons. The third kappa shape index (κ3) is 4.56. The molecule has 1 aliphatic heterocycles. The lowest BCUT2D eigenvalue weighted by molar-refractivity contribution is -0.384. The number of thiophene rings is 1. The Labute approximate surface area is 209 Å². The van der Waals surface area contributed by atoms with Crippen LogP contribution in [0.5, 0.6) is 0 Å². The number of carbonyl (C=O) groups excluding carboxylic acids is 1. The number of aromatic nitrogens is 1. The third-order valence-corrected chi connectivity index (χ3v) is 8.47. The van der Waals surface area contributed by atoms with Crippen molar-refractivity contribution in [2.45, 2.75) is 13.5 Å². The number of hydrogen-bond donors (Lipinski definition) is 0. The lowest BCUT2D eigenvalue weighted by Gasteiger charge is -2.34. The average molecular weight is 513 g/mol. The van der Waals surface area contributed by atoms with Gasteiger partial charge in [0.1, 0.15) is 9.88 Å². The zero-order chi connectivity index (χ0) is 23.8. The largest absolute Gasteiger partial charge is 0.335 e. The normalized spacial score (nSPS) is 14.6. The summed E-state index contributed by atoms with van der Waals surface area (Å²) in [7, 11) is 0. The van der Waals surface area contributed by atoms with E-state index in [-0.39, 0.29) is 11.6 Å². The van der Waals surface area contributed by atoms with E-state index in [1.807, 2.05) is 6.07 Å². The van der Waals surface area contributed by atoms with E-state index >= 15 is 0 Å². The summed E-state index contributed by atoms with van der Waals surface area (Å²) < 4.78 is 0.647. The standard InChI is InChI=1S/C24H21ClN4O3S2/c1-15-3-2-4-16(11-15)23-26-17(14-33-23)13-27-7-9-28(10-8-27)24(30)22-21(25)19-6-5-18(29(31)32)12-20(19)34-22/h2-6,11-12,14H,7-10,13H2,1H3. The van der Waals surface area contributed by atoms with Crippen molar-refractivity contribution in [1.29, 1.82) is 0 Å². The van der Waals surface area contributed by atoms with Crippen molar-refractivity contribution >= 4 is 56.0 Å². The van der Waals surface area contributed by atoms with Crippen LogP contribution in [-0.4, -0.2) is 51.8 Å². The highest BCUT2D eigenvalue weighted by Gasteiger charge is 2.27. The van der Waals surface area contributed by atoms with Gasteiger partial charge in [-0.25, -0.2) is 4.98 Å². The second-order valence-electron chi connectivity index (χ2n) is 8.26. The first-order valence-electron chi connectivity index (χ1n) is 10.8. The molecule has 0 spiro atoms. The highest BCUT2D eigenvalue weighted by molar-refractivity contribution is 7.21. The zero-order valence-corrected chi connectivity index (χ0v) is 20.8. The van der Waals surface area contributed by atoms with Gasteiger partial charge in [0.05, 0.1) is 15.6 Å². The van der Waals surface area contributed by atoms with Gasteiger partial charge in [-0.05, 0) is 19.1 Å². The van der Waals surface area contributed by atoms with Crippen LogP contribution in [0.4, 0.5) is 5.69 Å². The minimum Gasteiger partial charge on any atom is -0.335 e. The van der Waals surface area contributed by atoms with Crippen molar-refractivity contribution in [2.24, 2.45) is 0 Å². The van der Waals surface area contributed by atoms with Crippen LogP contribution in [0, 0.1) is 17.0 Å². The molecule has 1 fully saturated rings. The maximum atomic E-state index is 13.2. The predicted octanol–water partition coefficient (Wildman–Crippen LogP) is 5.85. The van der Waals surface area contributed by atoms with Gasteiger partial charge in [0.2, 0.25) is 0 Å². The van der Waals surface area contributed by atoms with Crippen LogP contribution in [-0.2, 0) is 6.54 Å². The van der Waals surface area contributed by atoms with Crippen LogP contribution in [0.15, 0.2) is 47.8 Å². The van der Waals surface area contributed by atoms with Crippen LogP contribution in [0.3, 0.4) is 0 Å². The van der Waals surface area contributed by atoms with Crippen molar-refractivity contribution in [2.75, 3.05) is 26.2 Å². The molecule has 1 aliphatic rings. The van der Waals surface area contributed by atoms with E-state index in [2.05, 4.69) is 35.4 Å². The molecule has 3 heterocycles. The number of nitro benzene ring substituents is 1. The molecule has 2 aromatic heterocycles. The van der Waals surface area contributed by atoms with E-state index in [9.17, 15) is 14.9 Å². The summed E-state index contributed by atoms with van der Waals surface area (Å²) in [4.78, 5) is 33.1. The monoisotopic (exact) mass is 512 g/mol. The van der Waals surface area contributed by atoms with E-state index in [0.717, 1.165) is 35.9 Å². The molecule has 1 saturated heterocycles. The number of benzene rings is 2. The van der Waals surface area contributed by atoms with E-state index in [1.165, 1.54) is 29.0 Å². The molecule has 7 nitrogen and oxygen atoms in total. The Morgan fingerprint density at radius 2 is 1.97 bits per heavy atom. The molecule has 1 amide bonds. The number of thiazole rings is 1. The number of amides is 1. The minimum atomic E-state index is -0.444. The molecule has 0 aliphatic carbocycles. The maximum absolute atomic E-state index is 13.2. The summed E-state index contributed by atoms with van der Waals surface area (Å²) in [5.74, 6) is -0.121. The number of halogens is 1. The lowest BCUT2D eigenvalue weighted by Crippen LogP contribution is -2.48. The number of aryl methyl sites for hydroxylation is 1. The van der Waals surface area contributed by atoms with Gasteiger partial charge in [-0.1, -0.05) is 35.4 Å². The SMILES string of the molecule is Cc1cccc(-c2nc(CN3CCN(C(=O)c4sc5cc([N+](=O)[O-])ccc5c4Cl)CC3)cs2)c1. The summed E-state index contributed by atoms with van der Waals surface area (Å²) in [6.45, 7) is 5.51. The van der Waals surface area contributed by atoms with Crippen LogP contribution in [0.25, 0.3) is 20.7 Å². The second kappa shape index (κ2) is 9.42. The Balaban J connectivity index is 1.23. The molecular formula is C24H21ClN4O3S2. The van der Waals surface area contributed by atoms with Gasteiger partial charge >= 0.3 is 0 Å². The van der Waals surface area contributed by atoms with E-state index in [0.29, 0.717) is 33.1 Å². The molecule has 0 saturated carbocycles. The molecule has 2 aromatic carbocycles. The highest BCUT2D eigenvalue weighted by Crippen LogP contribution is 2.38. The molecule has 0 unspecified atom stereocenters. The Hall–Kier alpha value is -2.85. The predicted molar refractivity (Wildman–Crippen MR) is 137 cm³/mol. The number of non-ortho nitro benzene ring substituents is 1. The third-order valence-electron chi connectivity index (χ3n) is 5.88. The summed E-state index contributed by atoms with van der Waals surface area (Å²) in [6, 6.07) is 12.8. The number of hydrogen-bond acceptors (Lipinski definition) is 7. The molecule has 34 heavy (non-hydrogen) atoms. The Bertz CT molecular complexity index is 1390. The molecular weight excluding hydrogens is 492 g/mol. The van der Waals surface area contributed by atoms with Gasteiger partial charge in [0.15, 0.2) is 0 Å². The molecule has 5 rings (SSSR count). The Kier molecular flexibility index (Phi) is 6.35. The molecule has 0 bridgehead atoms. The van der Waals surface area contributed by atoms with Gasteiger partial charge < -0.3 is 4.90 Å². The molecule has 174 valence electrons. The van der Waals surface area contributed by atoms with Gasteiger partial charge in [-0.3, -0.25) is 19.8 Å². The number of rotatable bonds is 5. The van der Waals surface area contributed by atoms with Crippen molar-refractivity contribution in [3.8, 4) is 10.6 Å². The second-order valence-corrected chi connectivity index (χ2v) is 10.6. The first-order valence-corrected chi connectivity index (χ1v) is 12.9. The fraction of sp³-hybridized carbons (Fsp3) is 0.250. The summed E-state index contributed by atoms with van der Waals surface area (Å²) >= 11 is 9.34. The van der Waals surface area contributed by atoms with Crippen LogP contribution < -0.4 is 0 Å². The van der Waals surface area contributed by atoms with Crippen LogP contribution in [0.1, 0.15) is 20.9 Å². The zero-order valence-electron chi connectivity index (χ0n) is 18.4. The van der Waals surface area contributed by atoms with Crippen molar-refractivity contribution in [3.05, 3.63) is 79.1 Å². The van der Waals surface area contributed by atoms with Gasteiger partial charge in [0.25, 0.3) is 11.6 Å². The Morgan fingerprint density at radius 1 is 1.18 bits per heavy atom.